The zero-order valence-corrected chi connectivity index (χ0v) is 19.7. The number of aliphatic imine (C=N–C) groups is 1. The third-order valence-corrected chi connectivity index (χ3v) is 5.98. The second-order valence-corrected chi connectivity index (χ2v) is 8.30. The van der Waals surface area contributed by atoms with E-state index in [2.05, 4.69) is 17.6 Å². The molecule has 1 aromatic carbocycles. The number of amides is 1. The van der Waals surface area contributed by atoms with E-state index in [4.69, 9.17) is 19.2 Å². The quantitative estimate of drug-likeness (QED) is 0.468. The highest BCUT2D eigenvalue weighted by molar-refractivity contribution is 5.80. The Hall–Kier alpha value is -2.64. The normalized spacial score (nSPS) is 17.8. The molecule has 32 heavy (non-hydrogen) atoms. The van der Waals surface area contributed by atoms with Crippen molar-refractivity contribution in [3.63, 3.8) is 0 Å². The summed E-state index contributed by atoms with van der Waals surface area (Å²) in [7, 11) is 1.67. The maximum Gasteiger partial charge on any atom is 0.409 e. The summed E-state index contributed by atoms with van der Waals surface area (Å²) in [5, 5.41) is 6.87. The van der Waals surface area contributed by atoms with Gasteiger partial charge in [-0.05, 0) is 64.5 Å². The third kappa shape index (κ3) is 6.93. The van der Waals surface area contributed by atoms with Gasteiger partial charge < -0.3 is 29.7 Å². The van der Waals surface area contributed by atoms with Crippen LogP contribution in [0.5, 0.6) is 11.5 Å². The van der Waals surface area contributed by atoms with Crippen LogP contribution in [-0.4, -0.2) is 62.4 Å². The number of methoxy groups -OCH3 is 1. The van der Waals surface area contributed by atoms with Crippen LogP contribution < -0.4 is 20.1 Å². The molecule has 1 saturated carbocycles. The van der Waals surface area contributed by atoms with Gasteiger partial charge in [-0.2, -0.15) is 0 Å². The molecule has 8 nitrogen and oxygen atoms in total. The Balaban J connectivity index is 1.61. The largest absolute Gasteiger partial charge is 0.497 e. The number of hydrogen-bond acceptors (Lipinski definition) is 5. The predicted octanol–water partition coefficient (Wildman–Crippen LogP) is 3.69. The van der Waals surface area contributed by atoms with Gasteiger partial charge in [-0.25, -0.2) is 9.79 Å². The number of carbonyl (C=O) groups excluding carboxylic acids is 1. The maximum absolute atomic E-state index is 11.9. The second-order valence-electron chi connectivity index (χ2n) is 8.30. The fourth-order valence-corrected chi connectivity index (χ4v) is 4.19. The zero-order valence-electron chi connectivity index (χ0n) is 19.7. The molecule has 3 rings (SSSR count). The molecule has 178 valence electrons. The molecule has 1 aliphatic heterocycles. The lowest BCUT2D eigenvalue weighted by Crippen LogP contribution is -2.49. The number of guanidine groups is 1. The molecule has 0 aromatic heterocycles. The minimum Gasteiger partial charge on any atom is -0.497 e. The highest BCUT2D eigenvalue weighted by atomic mass is 16.6. The summed E-state index contributed by atoms with van der Waals surface area (Å²) < 4.78 is 16.8. The van der Waals surface area contributed by atoms with Crippen LogP contribution in [0.3, 0.4) is 0 Å². The Morgan fingerprint density at radius 1 is 1.16 bits per heavy atom. The van der Waals surface area contributed by atoms with E-state index in [9.17, 15) is 4.79 Å². The number of hydrogen-bond donors (Lipinski definition) is 2. The van der Waals surface area contributed by atoms with Crippen molar-refractivity contribution in [2.24, 2.45) is 4.99 Å². The Morgan fingerprint density at radius 2 is 1.91 bits per heavy atom. The summed E-state index contributed by atoms with van der Waals surface area (Å²) in [6, 6.07) is 6.23. The van der Waals surface area contributed by atoms with E-state index in [1.165, 1.54) is 12.8 Å². The van der Waals surface area contributed by atoms with Crippen molar-refractivity contribution in [1.82, 2.24) is 15.5 Å². The van der Waals surface area contributed by atoms with Crippen molar-refractivity contribution < 1.29 is 19.0 Å². The summed E-state index contributed by atoms with van der Waals surface area (Å²) >= 11 is 0. The van der Waals surface area contributed by atoms with E-state index in [1.54, 1.807) is 12.0 Å². The molecule has 1 saturated heterocycles. The van der Waals surface area contributed by atoms with Crippen LogP contribution in [0.1, 0.15) is 57.9 Å². The molecule has 0 spiro atoms. The van der Waals surface area contributed by atoms with Crippen LogP contribution in [0, 0.1) is 0 Å². The number of nitrogens with zero attached hydrogens (tertiary/aromatic N) is 2. The lowest BCUT2D eigenvalue weighted by Gasteiger charge is -2.32. The van der Waals surface area contributed by atoms with Crippen LogP contribution >= 0.6 is 0 Å². The molecule has 1 aromatic rings. The van der Waals surface area contributed by atoms with E-state index >= 15 is 0 Å². The molecule has 0 radical (unpaired) electrons. The minimum atomic E-state index is -0.221. The Bertz CT molecular complexity index is 756. The van der Waals surface area contributed by atoms with E-state index in [0.717, 1.165) is 55.3 Å². The maximum atomic E-state index is 11.9. The lowest BCUT2D eigenvalue weighted by molar-refractivity contribution is 0.0963. The van der Waals surface area contributed by atoms with Gasteiger partial charge in [-0.1, -0.05) is 0 Å². The fraction of sp³-hybridized carbons (Fsp3) is 0.667. The Morgan fingerprint density at radius 3 is 2.56 bits per heavy atom. The standard InChI is InChI=1S/C24H38N4O4/c1-4-25-23(27-19-12-14-28(15-13-19)24(29)31-5-2)26-17-18-10-11-21(30-3)16-22(18)32-20-8-6-7-9-20/h10-11,16,19-20H,4-9,12-15,17H2,1-3H3,(H2,25,26,27). The van der Waals surface area contributed by atoms with Crippen LogP contribution in [0.15, 0.2) is 23.2 Å². The molecular weight excluding hydrogens is 408 g/mol. The first kappa shape index (κ1) is 24.0. The first-order chi connectivity index (χ1) is 15.6. The molecule has 8 heteroatoms. The highest BCUT2D eigenvalue weighted by Gasteiger charge is 2.24. The summed E-state index contributed by atoms with van der Waals surface area (Å²) in [5.74, 6) is 2.44. The molecule has 1 heterocycles. The van der Waals surface area contributed by atoms with Gasteiger partial charge in [-0.15, -0.1) is 0 Å². The average molecular weight is 447 g/mol. The van der Waals surface area contributed by atoms with Crippen molar-refractivity contribution in [1.29, 1.82) is 0 Å². The van der Waals surface area contributed by atoms with Crippen molar-refractivity contribution in [2.45, 2.75) is 71.1 Å². The summed E-state index contributed by atoms with van der Waals surface area (Å²) in [6.45, 7) is 6.97. The van der Waals surface area contributed by atoms with E-state index in [0.29, 0.717) is 26.2 Å². The average Bonchev–Trinajstić information content (AvgIpc) is 3.32. The lowest BCUT2D eigenvalue weighted by atomic mass is 10.1. The highest BCUT2D eigenvalue weighted by Crippen LogP contribution is 2.30. The zero-order chi connectivity index (χ0) is 22.8. The monoisotopic (exact) mass is 446 g/mol. The number of carbonyl (C=O) groups is 1. The van der Waals surface area contributed by atoms with Gasteiger partial charge in [0.1, 0.15) is 11.5 Å². The van der Waals surface area contributed by atoms with Crippen LogP contribution in [0.2, 0.25) is 0 Å². The van der Waals surface area contributed by atoms with Crippen molar-refractivity contribution in [3.8, 4) is 11.5 Å². The number of ether oxygens (including phenoxy) is 3. The van der Waals surface area contributed by atoms with Gasteiger partial charge in [-0.3, -0.25) is 0 Å². The number of piperidine rings is 1. The van der Waals surface area contributed by atoms with Crippen molar-refractivity contribution >= 4 is 12.1 Å². The van der Waals surface area contributed by atoms with Gasteiger partial charge >= 0.3 is 6.09 Å². The van der Waals surface area contributed by atoms with Crippen molar-refractivity contribution in [2.75, 3.05) is 33.4 Å². The molecule has 0 unspecified atom stereocenters. The van der Waals surface area contributed by atoms with Crippen LogP contribution in [0.4, 0.5) is 4.79 Å². The van der Waals surface area contributed by atoms with Gasteiger partial charge in [0.2, 0.25) is 0 Å². The molecule has 2 N–H and O–H groups in total. The second kappa shape index (κ2) is 12.4. The number of likely N-dealkylation sites (tertiary alicyclic amines) is 1. The Kier molecular flexibility index (Phi) is 9.31. The van der Waals surface area contributed by atoms with Gasteiger partial charge in [0.05, 0.1) is 26.4 Å². The molecular formula is C24H38N4O4. The summed E-state index contributed by atoms with van der Waals surface area (Å²) in [6.07, 6.45) is 6.45. The van der Waals surface area contributed by atoms with Gasteiger partial charge in [0.25, 0.3) is 0 Å². The van der Waals surface area contributed by atoms with Crippen LogP contribution in [0.25, 0.3) is 0 Å². The smallest absolute Gasteiger partial charge is 0.409 e. The predicted molar refractivity (Wildman–Crippen MR) is 125 cm³/mol. The Labute approximate surface area is 191 Å². The van der Waals surface area contributed by atoms with E-state index in [-0.39, 0.29) is 18.2 Å². The van der Waals surface area contributed by atoms with E-state index in [1.807, 2.05) is 25.1 Å². The SMILES string of the molecule is CCNC(=NCc1ccc(OC)cc1OC1CCCC1)NC1CCN(C(=O)OCC)CC1. The summed E-state index contributed by atoms with van der Waals surface area (Å²) in [4.78, 5) is 18.5. The fourth-order valence-electron chi connectivity index (χ4n) is 4.19. The molecule has 1 amide bonds. The molecule has 0 atom stereocenters. The molecule has 0 bridgehead atoms. The van der Waals surface area contributed by atoms with E-state index < -0.39 is 0 Å². The van der Waals surface area contributed by atoms with Gasteiger partial charge in [0, 0.05) is 37.3 Å². The van der Waals surface area contributed by atoms with Crippen LogP contribution in [-0.2, 0) is 11.3 Å². The van der Waals surface area contributed by atoms with Gasteiger partial charge in [0.15, 0.2) is 5.96 Å². The van der Waals surface area contributed by atoms with Crippen molar-refractivity contribution in [3.05, 3.63) is 23.8 Å². The summed E-state index contributed by atoms with van der Waals surface area (Å²) in [5.41, 5.74) is 1.05. The third-order valence-electron chi connectivity index (χ3n) is 5.98. The molecule has 2 fully saturated rings. The first-order valence-electron chi connectivity index (χ1n) is 11.9. The molecule has 2 aliphatic rings. The number of benzene rings is 1. The topological polar surface area (TPSA) is 84.4 Å². The molecule has 1 aliphatic carbocycles. The minimum absolute atomic E-state index is 0.221. The number of nitrogens with one attached hydrogen (secondary N) is 2. The number of rotatable bonds is 8. The first-order valence-corrected chi connectivity index (χ1v) is 11.9.